The first-order valence-electron chi connectivity index (χ1n) is 4.92. The van der Waals surface area contributed by atoms with Gasteiger partial charge in [-0.2, -0.15) is 4.31 Å². The van der Waals surface area contributed by atoms with Crippen molar-refractivity contribution in [3.8, 4) is 0 Å². The Morgan fingerprint density at radius 2 is 1.80 bits per heavy atom. The molecule has 1 heterocycles. The van der Waals surface area contributed by atoms with Crippen LogP contribution in [0.15, 0.2) is 29.2 Å². The fourth-order valence-electron chi connectivity index (χ4n) is 1.47. The van der Waals surface area contributed by atoms with Crippen LogP contribution in [-0.4, -0.2) is 32.9 Å². The third kappa shape index (κ3) is 1.85. The van der Waals surface area contributed by atoms with E-state index < -0.39 is 10.0 Å². The van der Waals surface area contributed by atoms with Crippen molar-refractivity contribution in [1.29, 1.82) is 0 Å². The molecule has 1 saturated heterocycles. The first-order chi connectivity index (χ1) is 7.14. The van der Waals surface area contributed by atoms with Crippen LogP contribution in [0.5, 0.6) is 0 Å². The van der Waals surface area contributed by atoms with Gasteiger partial charge in [0.25, 0.3) is 0 Å². The SMILES string of the molecule is CNc1ccc(S(=O)(=O)N2CCC2)cc1. The molecule has 0 amide bonds. The zero-order valence-electron chi connectivity index (χ0n) is 8.60. The third-order valence-electron chi connectivity index (χ3n) is 2.60. The first-order valence-corrected chi connectivity index (χ1v) is 6.36. The maximum absolute atomic E-state index is 11.9. The number of anilines is 1. The molecule has 0 aliphatic carbocycles. The number of nitrogens with zero attached hydrogens (tertiary/aromatic N) is 1. The lowest BCUT2D eigenvalue weighted by Crippen LogP contribution is -2.41. The molecule has 0 radical (unpaired) electrons. The average molecular weight is 226 g/mol. The van der Waals surface area contributed by atoms with E-state index in [0.717, 1.165) is 12.1 Å². The average Bonchev–Trinajstić information content (AvgIpc) is 2.14. The molecule has 0 saturated carbocycles. The summed E-state index contributed by atoms with van der Waals surface area (Å²) in [5, 5.41) is 2.95. The number of hydrogen-bond acceptors (Lipinski definition) is 3. The fourth-order valence-corrected chi connectivity index (χ4v) is 2.99. The second kappa shape index (κ2) is 3.83. The molecule has 82 valence electrons. The Balaban J connectivity index is 2.28. The first kappa shape index (κ1) is 10.4. The van der Waals surface area contributed by atoms with E-state index in [0.29, 0.717) is 18.0 Å². The number of sulfonamides is 1. The predicted molar refractivity (Wildman–Crippen MR) is 59.4 cm³/mol. The monoisotopic (exact) mass is 226 g/mol. The van der Waals surface area contributed by atoms with Crippen LogP contribution in [0.1, 0.15) is 6.42 Å². The van der Waals surface area contributed by atoms with Gasteiger partial charge in [-0.15, -0.1) is 0 Å². The summed E-state index contributed by atoms with van der Waals surface area (Å²) < 4.78 is 25.3. The second-order valence-corrected chi connectivity index (χ2v) is 5.47. The highest BCUT2D eigenvalue weighted by Crippen LogP contribution is 2.22. The lowest BCUT2D eigenvalue weighted by molar-refractivity contribution is 0.309. The molecule has 1 fully saturated rings. The molecule has 1 aromatic rings. The van der Waals surface area contributed by atoms with E-state index in [1.807, 2.05) is 0 Å². The predicted octanol–water partition coefficient (Wildman–Crippen LogP) is 1.12. The highest BCUT2D eigenvalue weighted by Gasteiger charge is 2.28. The minimum absolute atomic E-state index is 0.376. The van der Waals surface area contributed by atoms with Crippen LogP contribution in [0.3, 0.4) is 0 Å². The van der Waals surface area contributed by atoms with Crippen LogP contribution in [0.4, 0.5) is 5.69 Å². The van der Waals surface area contributed by atoms with Crippen molar-refractivity contribution in [2.24, 2.45) is 0 Å². The zero-order chi connectivity index (χ0) is 10.9. The highest BCUT2D eigenvalue weighted by molar-refractivity contribution is 7.89. The molecule has 1 aliphatic rings. The van der Waals surface area contributed by atoms with Crippen molar-refractivity contribution in [3.63, 3.8) is 0 Å². The molecule has 0 bridgehead atoms. The summed E-state index contributed by atoms with van der Waals surface area (Å²) in [5.74, 6) is 0. The third-order valence-corrected chi connectivity index (χ3v) is 4.51. The van der Waals surface area contributed by atoms with Crippen molar-refractivity contribution in [2.45, 2.75) is 11.3 Å². The zero-order valence-corrected chi connectivity index (χ0v) is 9.42. The normalized spacial score (nSPS) is 17.1. The number of nitrogens with one attached hydrogen (secondary N) is 1. The summed E-state index contributed by atoms with van der Waals surface area (Å²) in [6.45, 7) is 1.30. The van der Waals surface area contributed by atoms with Crippen molar-refractivity contribution in [1.82, 2.24) is 4.31 Å². The van der Waals surface area contributed by atoms with E-state index in [1.165, 1.54) is 4.31 Å². The Labute approximate surface area is 90.0 Å². The minimum atomic E-state index is -3.22. The topological polar surface area (TPSA) is 49.4 Å². The summed E-state index contributed by atoms with van der Waals surface area (Å²) in [5.41, 5.74) is 0.914. The van der Waals surface area contributed by atoms with Crippen LogP contribution in [0.2, 0.25) is 0 Å². The van der Waals surface area contributed by atoms with Gasteiger partial charge in [-0.05, 0) is 30.7 Å². The smallest absolute Gasteiger partial charge is 0.243 e. The molecule has 4 nitrogen and oxygen atoms in total. The van der Waals surface area contributed by atoms with E-state index in [9.17, 15) is 8.42 Å². The van der Waals surface area contributed by atoms with E-state index in [4.69, 9.17) is 0 Å². The molecule has 0 spiro atoms. The van der Waals surface area contributed by atoms with Crippen molar-refractivity contribution in [3.05, 3.63) is 24.3 Å². The Morgan fingerprint density at radius 1 is 1.20 bits per heavy atom. The van der Waals surface area contributed by atoms with Gasteiger partial charge in [0.15, 0.2) is 0 Å². The molecule has 1 N–H and O–H groups in total. The van der Waals surface area contributed by atoms with Crippen LogP contribution in [0, 0.1) is 0 Å². The van der Waals surface area contributed by atoms with Crippen LogP contribution in [0.25, 0.3) is 0 Å². The summed E-state index contributed by atoms with van der Waals surface area (Å²) in [6, 6.07) is 6.82. The lowest BCUT2D eigenvalue weighted by Gasteiger charge is -2.29. The minimum Gasteiger partial charge on any atom is -0.388 e. The second-order valence-electron chi connectivity index (χ2n) is 3.53. The van der Waals surface area contributed by atoms with Gasteiger partial charge in [0, 0.05) is 25.8 Å². The molecule has 1 aliphatic heterocycles. The van der Waals surface area contributed by atoms with Gasteiger partial charge < -0.3 is 5.32 Å². The van der Waals surface area contributed by atoms with Gasteiger partial charge in [0.2, 0.25) is 10.0 Å². The Morgan fingerprint density at radius 3 is 2.20 bits per heavy atom. The van der Waals surface area contributed by atoms with E-state index in [1.54, 1.807) is 31.3 Å². The van der Waals surface area contributed by atoms with Crippen LogP contribution in [-0.2, 0) is 10.0 Å². The van der Waals surface area contributed by atoms with Crippen molar-refractivity contribution < 1.29 is 8.42 Å². The maximum Gasteiger partial charge on any atom is 0.243 e. The van der Waals surface area contributed by atoms with Gasteiger partial charge in [-0.1, -0.05) is 0 Å². The molecule has 1 aromatic carbocycles. The Bertz CT molecular complexity index is 435. The summed E-state index contributed by atoms with van der Waals surface area (Å²) in [7, 11) is -1.42. The Kier molecular flexibility index (Phi) is 2.67. The quantitative estimate of drug-likeness (QED) is 0.840. The molecule has 2 rings (SSSR count). The van der Waals surface area contributed by atoms with Gasteiger partial charge >= 0.3 is 0 Å². The van der Waals surface area contributed by atoms with Crippen LogP contribution < -0.4 is 5.32 Å². The largest absolute Gasteiger partial charge is 0.388 e. The van der Waals surface area contributed by atoms with Crippen molar-refractivity contribution >= 4 is 15.7 Å². The standard InChI is InChI=1S/C10H14N2O2S/c1-11-9-3-5-10(6-4-9)15(13,14)12-7-2-8-12/h3-6,11H,2,7-8H2,1H3. The number of hydrogen-bond donors (Lipinski definition) is 1. The molecule has 5 heteroatoms. The molecule has 0 aromatic heterocycles. The summed E-state index contributed by atoms with van der Waals surface area (Å²) in [6.07, 6.45) is 0.966. The molecule has 0 unspecified atom stereocenters. The molecule has 0 atom stereocenters. The van der Waals surface area contributed by atoms with E-state index >= 15 is 0 Å². The maximum atomic E-state index is 11.9. The van der Waals surface area contributed by atoms with Crippen molar-refractivity contribution in [2.75, 3.05) is 25.5 Å². The highest BCUT2D eigenvalue weighted by atomic mass is 32.2. The van der Waals surface area contributed by atoms with Crippen LogP contribution >= 0.6 is 0 Å². The molecular formula is C10H14N2O2S. The Hall–Kier alpha value is -1.07. The fraction of sp³-hybridized carbons (Fsp3) is 0.400. The van der Waals surface area contributed by atoms with Gasteiger partial charge in [-0.25, -0.2) is 8.42 Å². The number of rotatable bonds is 3. The summed E-state index contributed by atoms with van der Waals surface area (Å²) in [4.78, 5) is 0.376. The number of benzene rings is 1. The van der Waals surface area contributed by atoms with Gasteiger partial charge in [0.05, 0.1) is 4.90 Å². The van der Waals surface area contributed by atoms with Gasteiger partial charge in [-0.3, -0.25) is 0 Å². The van der Waals surface area contributed by atoms with E-state index in [-0.39, 0.29) is 0 Å². The molecular weight excluding hydrogens is 212 g/mol. The summed E-state index contributed by atoms with van der Waals surface area (Å²) >= 11 is 0. The molecule has 15 heavy (non-hydrogen) atoms. The van der Waals surface area contributed by atoms with E-state index in [2.05, 4.69) is 5.32 Å². The van der Waals surface area contributed by atoms with Gasteiger partial charge in [0.1, 0.15) is 0 Å². The lowest BCUT2D eigenvalue weighted by atomic mass is 10.3.